The number of nitro benzene ring substituents is 1. The van der Waals surface area contributed by atoms with E-state index in [0.29, 0.717) is 12.0 Å². The van der Waals surface area contributed by atoms with E-state index in [1.165, 1.54) is 6.07 Å². The summed E-state index contributed by atoms with van der Waals surface area (Å²) in [7, 11) is 1.78. The molecule has 2 amide bonds. The number of hydrogen-bond donors (Lipinski definition) is 0. The number of imide groups is 1. The van der Waals surface area contributed by atoms with Crippen LogP contribution < -0.4 is 0 Å². The smallest absolute Gasteiger partial charge is 0.274 e. The van der Waals surface area contributed by atoms with Crippen LogP contribution in [-0.2, 0) is 29.6 Å². The number of amides is 2. The summed E-state index contributed by atoms with van der Waals surface area (Å²) in [5.74, 6) is -1.03. The Kier molecular flexibility index (Phi) is 4.11. The van der Waals surface area contributed by atoms with Gasteiger partial charge in [0, 0.05) is 31.3 Å². The molecule has 1 saturated heterocycles. The molecule has 8 nitrogen and oxygen atoms in total. The van der Waals surface area contributed by atoms with Gasteiger partial charge < -0.3 is 0 Å². The van der Waals surface area contributed by atoms with Gasteiger partial charge in [-0.15, -0.1) is 0 Å². The lowest BCUT2D eigenvalue weighted by Gasteiger charge is -2.15. The molecule has 0 aliphatic carbocycles. The Morgan fingerprint density at radius 3 is 2.75 bits per heavy atom. The fraction of sp³-hybridized carbons (Fsp3) is 0.312. The fourth-order valence-corrected chi connectivity index (χ4v) is 2.93. The van der Waals surface area contributed by atoms with Gasteiger partial charge in [0.15, 0.2) is 0 Å². The van der Waals surface area contributed by atoms with Crippen LogP contribution in [0.15, 0.2) is 36.7 Å². The first-order valence-corrected chi connectivity index (χ1v) is 7.49. The maximum Gasteiger partial charge on any atom is 0.274 e. The van der Waals surface area contributed by atoms with Crippen LogP contribution in [0.2, 0.25) is 0 Å². The minimum Gasteiger partial charge on any atom is -0.278 e. The van der Waals surface area contributed by atoms with E-state index in [1.807, 2.05) is 6.20 Å². The molecule has 1 aliphatic heterocycles. The summed E-state index contributed by atoms with van der Waals surface area (Å²) in [5.41, 5.74) is 1.15. The predicted molar refractivity (Wildman–Crippen MR) is 83.7 cm³/mol. The van der Waals surface area contributed by atoms with Gasteiger partial charge in [0.2, 0.25) is 11.8 Å². The second-order valence-electron chi connectivity index (χ2n) is 5.83. The summed E-state index contributed by atoms with van der Waals surface area (Å²) < 4.78 is 1.64. The van der Waals surface area contributed by atoms with Gasteiger partial charge in [0.05, 0.1) is 23.6 Å². The van der Waals surface area contributed by atoms with Crippen LogP contribution >= 0.6 is 0 Å². The van der Waals surface area contributed by atoms with E-state index in [2.05, 4.69) is 5.10 Å². The van der Waals surface area contributed by atoms with Gasteiger partial charge in [-0.3, -0.25) is 29.3 Å². The standard InChI is InChI=1S/C16H16N4O4/c1-18-9-11(8-17-18)6-13-7-15(21)19(16(13)22)10-12-4-2-3-5-14(12)20(23)24/h2-5,8-9,13H,6-7,10H2,1H3/t13-/m0/s1. The van der Waals surface area contributed by atoms with Crippen molar-refractivity contribution < 1.29 is 14.5 Å². The highest BCUT2D eigenvalue weighted by Crippen LogP contribution is 2.27. The number of rotatable bonds is 5. The summed E-state index contributed by atoms with van der Waals surface area (Å²) in [6, 6.07) is 6.14. The molecule has 1 fully saturated rings. The van der Waals surface area contributed by atoms with Gasteiger partial charge in [-0.1, -0.05) is 18.2 Å². The summed E-state index contributed by atoms with van der Waals surface area (Å²) in [6.45, 7) is -0.0711. The quantitative estimate of drug-likeness (QED) is 0.470. The van der Waals surface area contributed by atoms with Gasteiger partial charge in [0.1, 0.15) is 0 Å². The van der Waals surface area contributed by atoms with Crippen LogP contribution in [0.5, 0.6) is 0 Å². The van der Waals surface area contributed by atoms with E-state index in [0.717, 1.165) is 10.5 Å². The van der Waals surface area contributed by atoms with Crippen LogP contribution in [0.4, 0.5) is 5.69 Å². The summed E-state index contributed by atoms with van der Waals surface area (Å²) in [5, 5.41) is 15.1. The number of nitro groups is 1. The van der Waals surface area contributed by atoms with E-state index in [4.69, 9.17) is 0 Å². The summed E-state index contributed by atoms with van der Waals surface area (Å²) in [4.78, 5) is 36.4. The van der Waals surface area contributed by atoms with Crippen molar-refractivity contribution >= 4 is 17.5 Å². The van der Waals surface area contributed by atoms with Crippen molar-refractivity contribution in [1.82, 2.24) is 14.7 Å². The van der Waals surface area contributed by atoms with Gasteiger partial charge in [-0.05, 0) is 12.0 Å². The second-order valence-corrected chi connectivity index (χ2v) is 5.83. The first-order chi connectivity index (χ1) is 11.5. The molecular formula is C16H16N4O4. The Balaban J connectivity index is 1.76. The Bertz CT molecular complexity index is 814. The Hall–Kier alpha value is -3.03. The molecule has 2 aromatic rings. The van der Waals surface area contributed by atoms with Crippen molar-refractivity contribution in [2.24, 2.45) is 13.0 Å². The molecule has 0 N–H and O–H groups in total. The third-order valence-electron chi connectivity index (χ3n) is 4.09. The van der Waals surface area contributed by atoms with Crippen molar-refractivity contribution in [3.8, 4) is 0 Å². The summed E-state index contributed by atoms with van der Waals surface area (Å²) >= 11 is 0. The molecule has 0 bridgehead atoms. The number of aromatic nitrogens is 2. The van der Waals surface area contributed by atoms with Crippen LogP contribution in [0.25, 0.3) is 0 Å². The normalized spacial score (nSPS) is 17.5. The minimum atomic E-state index is -0.506. The number of aryl methyl sites for hydroxylation is 1. The highest BCUT2D eigenvalue weighted by atomic mass is 16.6. The van der Waals surface area contributed by atoms with E-state index >= 15 is 0 Å². The third-order valence-corrected chi connectivity index (χ3v) is 4.09. The first-order valence-electron chi connectivity index (χ1n) is 7.49. The molecule has 0 saturated carbocycles. The second kappa shape index (κ2) is 6.23. The third kappa shape index (κ3) is 3.03. The molecule has 1 aliphatic rings. The topological polar surface area (TPSA) is 98.3 Å². The molecule has 1 aromatic heterocycles. The van der Waals surface area contributed by atoms with E-state index in [9.17, 15) is 19.7 Å². The minimum absolute atomic E-state index is 0.0711. The lowest BCUT2D eigenvalue weighted by molar-refractivity contribution is -0.385. The van der Waals surface area contributed by atoms with Gasteiger partial charge in [-0.25, -0.2) is 0 Å². The molecule has 1 atom stereocenters. The number of hydrogen-bond acceptors (Lipinski definition) is 5. The van der Waals surface area contributed by atoms with Crippen molar-refractivity contribution in [2.45, 2.75) is 19.4 Å². The van der Waals surface area contributed by atoms with Gasteiger partial charge in [0.25, 0.3) is 5.69 Å². The summed E-state index contributed by atoms with van der Waals surface area (Å²) in [6.07, 6.45) is 4.03. The van der Waals surface area contributed by atoms with Crippen LogP contribution in [0.1, 0.15) is 17.5 Å². The molecule has 0 spiro atoms. The maximum atomic E-state index is 12.5. The van der Waals surface area contributed by atoms with Crippen molar-refractivity contribution in [1.29, 1.82) is 0 Å². The highest BCUT2D eigenvalue weighted by Gasteiger charge is 2.39. The number of carbonyl (C=O) groups excluding carboxylic acids is 2. The molecular weight excluding hydrogens is 312 g/mol. The highest BCUT2D eigenvalue weighted by molar-refractivity contribution is 6.03. The maximum absolute atomic E-state index is 12.5. The van der Waals surface area contributed by atoms with Gasteiger partial charge >= 0.3 is 0 Å². The number of benzene rings is 1. The zero-order valence-corrected chi connectivity index (χ0v) is 13.1. The van der Waals surface area contributed by atoms with E-state index in [1.54, 1.807) is 36.1 Å². The Morgan fingerprint density at radius 1 is 1.33 bits per heavy atom. The lowest BCUT2D eigenvalue weighted by Crippen LogP contribution is -2.30. The van der Waals surface area contributed by atoms with E-state index < -0.39 is 10.8 Å². The molecule has 24 heavy (non-hydrogen) atoms. The predicted octanol–water partition coefficient (Wildman–Crippen LogP) is 1.45. The number of carbonyl (C=O) groups is 2. The number of nitrogens with zero attached hydrogens (tertiary/aromatic N) is 4. The fourth-order valence-electron chi connectivity index (χ4n) is 2.93. The zero-order valence-electron chi connectivity index (χ0n) is 13.1. The van der Waals surface area contributed by atoms with Crippen LogP contribution in [0, 0.1) is 16.0 Å². The van der Waals surface area contributed by atoms with Crippen molar-refractivity contribution in [2.75, 3.05) is 0 Å². The van der Waals surface area contributed by atoms with Crippen molar-refractivity contribution in [3.05, 3.63) is 57.9 Å². The van der Waals surface area contributed by atoms with Gasteiger partial charge in [-0.2, -0.15) is 5.10 Å². The average molecular weight is 328 g/mol. The largest absolute Gasteiger partial charge is 0.278 e. The number of likely N-dealkylation sites (tertiary alicyclic amines) is 1. The monoisotopic (exact) mass is 328 g/mol. The average Bonchev–Trinajstić information content (AvgIpc) is 3.06. The molecule has 124 valence electrons. The van der Waals surface area contributed by atoms with Crippen molar-refractivity contribution in [3.63, 3.8) is 0 Å². The lowest BCUT2D eigenvalue weighted by atomic mass is 10.0. The SMILES string of the molecule is Cn1cc(C[C@H]2CC(=O)N(Cc3ccccc3[N+](=O)[O-])C2=O)cn1. The Labute approximate surface area is 137 Å². The molecule has 3 rings (SSSR count). The van der Waals surface area contributed by atoms with Crippen LogP contribution in [0.3, 0.4) is 0 Å². The molecule has 2 heterocycles. The van der Waals surface area contributed by atoms with Crippen LogP contribution in [-0.4, -0.2) is 31.4 Å². The molecule has 0 radical (unpaired) electrons. The Morgan fingerprint density at radius 2 is 2.08 bits per heavy atom. The first kappa shape index (κ1) is 15.9. The molecule has 8 heteroatoms. The molecule has 1 aromatic carbocycles. The zero-order chi connectivity index (χ0) is 17.3. The number of para-hydroxylation sites is 1. The molecule has 0 unspecified atom stereocenters. The van der Waals surface area contributed by atoms with E-state index in [-0.39, 0.29) is 30.5 Å².